The summed E-state index contributed by atoms with van der Waals surface area (Å²) in [6.45, 7) is 6.29. The maximum Gasteiger partial charge on any atom is 0.138 e. The molecule has 1 heterocycles. The Morgan fingerprint density at radius 3 is 2.62 bits per heavy atom. The van der Waals surface area contributed by atoms with E-state index in [2.05, 4.69) is 23.9 Å². The third kappa shape index (κ3) is 2.28. The molecule has 1 aromatic rings. The third-order valence-corrected chi connectivity index (χ3v) is 2.66. The molecule has 0 aromatic carbocycles. The summed E-state index contributed by atoms with van der Waals surface area (Å²) in [4.78, 5) is 4.16. The first kappa shape index (κ1) is 10.2. The van der Waals surface area contributed by atoms with Gasteiger partial charge in [0.1, 0.15) is 12.2 Å². The molecule has 0 aliphatic rings. The van der Waals surface area contributed by atoms with Crippen LogP contribution in [0, 0.1) is 5.92 Å². The van der Waals surface area contributed by atoms with Crippen molar-refractivity contribution in [3.8, 4) is 0 Å². The molecule has 0 radical (unpaired) electrons. The van der Waals surface area contributed by atoms with Gasteiger partial charge in [-0.2, -0.15) is 5.10 Å². The Morgan fingerprint density at radius 1 is 1.62 bits per heavy atom. The van der Waals surface area contributed by atoms with Crippen LogP contribution in [0.25, 0.3) is 0 Å². The van der Waals surface area contributed by atoms with E-state index in [0.29, 0.717) is 5.92 Å². The molecule has 4 heteroatoms. The Balaban J connectivity index is 2.74. The molecule has 1 aromatic heterocycles. The molecule has 74 valence electrons. The van der Waals surface area contributed by atoms with Crippen LogP contribution in [0.3, 0.4) is 0 Å². The van der Waals surface area contributed by atoms with Crippen LogP contribution in [0.15, 0.2) is 6.33 Å². The number of hydrogen-bond donors (Lipinski definition) is 1. The lowest BCUT2D eigenvalue weighted by molar-refractivity contribution is 0.328. The second-order valence-electron chi connectivity index (χ2n) is 4.14. The maximum atomic E-state index is 6.14. The molecule has 0 fully saturated rings. The van der Waals surface area contributed by atoms with Crippen LogP contribution < -0.4 is 5.73 Å². The topological polar surface area (TPSA) is 56.7 Å². The second kappa shape index (κ2) is 3.46. The van der Waals surface area contributed by atoms with Crippen LogP contribution in [0.5, 0.6) is 0 Å². The molecule has 0 bridgehead atoms. The van der Waals surface area contributed by atoms with Gasteiger partial charge in [-0.1, -0.05) is 13.8 Å². The Hall–Kier alpha value is -0.900. The predicted octanol–water partition coefficient (Wildman–Crippen LogP) is 0.731. The molecule has 1 unspecified atom stereocenters. The van der Waals surface area contributed by atoms with E-state index in [9.17, 15) is 0 Å². The van der Waals surface area contributed by atoms with Crippen molar-refractivity contribution in [1.29, 1.82) is 0 Å². The van der Waals surface area contributed by atoms with Crippen molar-refractivity contribution in [2.75, 3.05) is 0 Å². The van der Waals surface area contributed by atoms with Gasteiger partial charge in [-0.3, -0.25) is 4.68 Å². The van der Waals surface area contributed by atoms with E-state index < -0.39 is 0 Å². The molecule has 0 spiro atoms. The lowest BCUT2D eigenvalue weighted by Gasteiger charge is -2.28. The Kier molecular flexibility index (Phi) is 2.71. The monoisotopic (exact) mass is 182 g/mol. The summed E-state index contributed by atoms with van der Waals surface area (Å²) in [5, 5.41) is 4.01. The molecular weight excluding hydrogens is 164 g/mol. The van der Waals surface area contributed by atoms with E-state index in [1.807, 2.05) is 14.0 Å². The minimum atomic E-state index is -0.208. The first-order valence-electron chi connectivity index (χ1n) is 4.55. The zero-order valence-corrected chi connectivity index (χ0v) is 8.78. The van der Waals surface area contributed by atoms with Crippen molar-refractivity contribution >= 4 is 0 Å². The van der Waals surface area contributed by atoms with E-state index in [4.69, 9.17) is 5.73 Å². The third-order valence-electron chi connectivity index (χ3n) is 2.66. The second-order valence-corrected chi connectivity index (χ2v) is 4.14. The molecule has 0 saturated carbocycles. The van der Waals surface area contributed by atoms with E-state index in [-0.39, 0.29) is 5.54 Å². The van der Waals surface area contributed by atoms with E-state index in [1.165, 1.54) is 0 Å². The van der Waals surface area contributed by atoms with Crippen molar-refractivity contribution in [2.24, 2.45) is 18.7 Å². The van der Waals surface area contributed by atoms with Crippen molar-refractivity contribution in [2.45, 2.75) is 32.7 Å². The number of nitrogens with two attached hydrogens (primary N) is 1. The maximum absolute atomic E-state index is 6.14. The summed E-state index contributed by atoms with van der Waals surface area (Å²) in [7, 11) is 1.89. The van der Waals surface area contributed by atoms with Crippen molar-refractivity contribution in [1.82, 2.24) is 14.8 Å². The van der Waals surface area contributed by atoms with Crippen LogP contribution in [0.1, 0.15) is 26.6 Å². The minimum absolute atomic E-state index is 0.208. The molecule has 0 amide bonds. The van der Waals surface area contributed by atoms with Gasteiger partial charge < -0.3 is 5.73 Å². The van der Waals surface area contributed by atoms with Crippen molar-refractivity contribution in [3.63, 3.8) is 0 Å². The Bertz CT molecular complexity index is 275. The number of rotatable bonds is 3. The fraction of sp³-hybridized carbons (Fsp3) is 0.778. The summed E-state index contributed by atoms with van der Waals surface area (Å²) in [6.07, 6.45) is 2.33. The summed E-state index contributed by atoms with van der Waals surface area (Å²) < 4.78 is 1.77. The highest BCUT2D eigenvalue weighted by molar-refractivity contribution is 4.96. The highest BCUT2D eigenvalue weighted by atomic mass is 15.3. The smallest absolute Gasteiger partial charge is 0.138 e. The van der Waals surface area contributed by atoms with Crippen LogP contribution in [-0.4, -0.2) is 20.3 Å². The Morgan fingerprint density at radius 2 is 2.23 bits per heavy atom. The van der Waals surface area contributed by atoms with Crippen molar-refractivity contribution in [3.05, 3.63) is 12.2 Å². The fourth-order valence-electron chi connectivity index (χ4n) is 1.02. The standard InChI is InChI=1S/C9H18N4/c1-7(2)9(3,10)5-8-11-6-12-13(8)4/h6-7H,5,10H2,1-4H3. The lowest BCUT2D eigenvalue weighted by atomic mass is 9.86. The number of hydrogen-bond acceptors (Lipinski definition) is 3. The van der Waals surface area contributed by atoms with Gasteiger partial charge in [0.25, 0.3) is 0 Å². The van der Waals surface area contributed by atoms with Gasteiger partial charge in [0.15, 0.2) is 0 Å². The van der Waals surface area contributed by atoms with Crippen LogP contribution in [-0.2, 0) is 13.5 Å². The Labute approximate surface area is 79.2 Å². The molecule has 4 nitrogen and oxygen atoms in total. The number of nitrogens with zero attached hydrogens (tertiary/aromatic N) is 3. The van der Waals surface area contributed by atoms with Gasteiger partial charge in [-0.25, -0.2) is 4.98 Å². The van der Waals surface area contributed by atoms with Gasteiger partial charge in [0.05, 0.1) is 0 Å². The predicted molar refractivity (Wildman–Crippen MR) is 52.1 cm³/mol. The minimum Gasteiger partial charge on any atom is -0.325 e. The van der Waals surface area contributed by atoms with Gasteiger partial charge in [-0.05, 0) is 12.8 Å². The molecule has 0 aliphatic heterocycles. The summed E-state index contributed by atoms with van der Waals surface area (Å²) in [6, 6.07) is 0. The zero-order chi connectivity index (χ0) is 10.1. The normalized spacial score (nSPS) is 16.2. The average Bonchev–Trinajstić information content (AvgIpc) is 2.35. The van der Waals surface area contributed by atoms with Gasteiger partial charge in [0, 0.05) is 19.0 Å². The molecule has 1 rings (SSSR count). The van der Waals surface area contributed by atoms with Gasteiger partial charge >= 0.3 is 0 Å². The molecule has 0 aliphatic carbocycles. The highest BCUT2D eigenvalue weighted by Crippen LogP contribution is 2.17. The summed E-state index contributed by atoms with van der Waals surface area (Å²) in [5.74, 6) is 1.38. The lowest BCUT2D eigenvalue weighted by Crippen LogP contribution is -2.44. The average molecular weight is 182 g/mol. The fourth-order valence-corrected chi connectivity index (χ4v) is 1.02. The van der Waals surface area contributed by atoms with E-state index in [0.717, 1.165) is 12.2 Å². The molecule has 0 saturated heterocycles. The molecule has 13 heavy (non-hydrogen) atoms. The van der Waals surface area contributed by atoms with Crippen LogP contribution in [0.4, 0.5) is 0 Å². The van der Waals surface area contributed by atoms with Gasteiger partial charge in [0.2, 0.25) is 0 Å². The number of aryl methyl sites for hydroxylation is 1. The first-order valence-corrected chi connectivity index (χ1v) is 4.55. The van der Waals surface area contributed by atoms with E-state index >= 15 is 0 Å². The molecule has 1 atom stereocenters. The molecular formula is C9H18N4. The van der Waals surface area contributed by atoms with Crippen molar-refractivity contribution < 1.29 is 0 Å². The van der Waals surface area contributed by atoms with Crippen LogP contribution >= 0.6 is 0 Å². The SMILES string of the molecule is CC(C)C(C)(N)Cc1ncnn1C. The van der Waals surface area contributed by atoms with Crippen LogP contribution in [0.2, 0.25) is 0 Å². The summed E-state index contributed by atoms with van der Waals surface area (Å²) >= 11 is 0. The van der Waals surface area contributed by atoms with E-state index in [1.54, 1.807) is 11.0 Å². The van der Waals surface area contributed by atoms with Gasteiger partial charge in [-0.15, -0.1) is 0 Å². The highest BCUT2D eigenvalue weighted by Gasteiger charge is 2.25. The number of aromatic nitrogens is 3. The first-order chi connectivity index (χ1) is 5.93. The zero-order valence-electron chi connectivity index (χ0n) is 8.78. The quantitative estimate of drug-likeness (QED) is 0.749. The summed E-state index contributed by atoms with van der Waals surface area (Å²) in [5.41, 5.74) is 5.93. The largest absolute Gasteiger partial charge is 0.325 e. The molecule has 2 N–H and O–H groups in total.